The summed E-state index contributed by atoms with van der Waals surface area (Å²) < 4.78 is 0. The van der Waals surface area contributed by atoms with Crippen molar-refractivity contribution >= 4 is 11.9 Å². The number of benzene rings is 1. The minimum Gasteiger partial charge on any atom is -0.507 e. The number of aldehydes is 1. The summed E-state index contributed by atoms with van der Waals surface area (Å²) in [6, 6.07) is 5.50. The molecule has 0 fully saturated rings. The van der Waals surface area contributed by atoms with Crippen molar-refractivity contribution in [2.75, 3.05) is 0 Å². The molecule has 2 heteroatoms. The Balaban J connectivity index is 2.66. The van der Waals surface area contributed by atoms with Crippen molar-refractivity contribution in [2.45, 2.75) is 19.8 Å². The van der Waals surface area contributed by atoms with Gasteiger partial charge in [0.25, 0.3) is 0 Å². The molecule has 1 N–H and O–H groups in total. The second-order valence-electron chi connectivity index (χ2n) is 3.58. The topological polar surface area (TPSA) is 37.3 Å². The van der Waals surface area contributed by atoms with Gasteiger partial charge in [0.1, 0.15) is 12.0 Å². The number of aryl methyl sites for hydroxylation is 1. The van der Waals surface area contributed by atoms with E-state index < -0.39 is 0 Å². The van der Waals surface area contributed by atoms with E-state index in [-0.39, 0.29) is 5.75 Å². The average molecular weight is 188 g/mol. The summed E-state index contributed by atoms with van der Waals surface area (Å²) >= 11 is 0. The number of phenolic OH excluding ortho intramolecular Hbond substituents is 1. The van der Waals surface area contributed by atoms with Crippen molar-refractivity contribution in [3.63, 3.8) is 0 Å². The van der Waals surface area contributed by atoms with E-state index in [2.05, 4.69) is 0 Å². The highest BCUT2D eigenvalue weighted by Crippen LogP contribution is 2.35. The summed E-state index contributed by atoms with van der Waals surface area (Å²) in [5.41, 5.74) is 3.70. The molecule has 1 aromatic rings. The van der Waals surface area contributed by atoms with Crippen molar-refractivity contribution in [2.24, 2.45) is 0 Å². The molecule has 1 aromatic carbocycles. The molecule has 0 unspecified atom stereocenters. The molecule has 0 aromatic heterocycles. The molecule has 1 aliphatic carbocycles. The van der Waals surface area contributed by atoms with Gasteiger partial charge in [-0.2, -0.15) is 0 Å². The van der Waals surface area contributed by atoms with Gasteiger partial charge < -0.3 is 5.11 Å². The second-order valence-corrected chi connectivity index (χ2v) is 3.58. The van der Waals surface area contributed by atoms with Crippen LogP contribution in [0.2, 0.25) is 0 Å². The molecule has 0 aliphatic heterocycles. The highest BCUT2D eigenvalue weighted by atomic mass is 16.3. The van der Waals surface area contributed by atoms with Crippen LogP contribution in [0.5, 0.6) is 5.75 Å². The Kier molecular flexibility index (Phi) is 2.12. The summed E-state index contributed by atoms with van der Waals surface area (Å²) in [6.07, 6.45) is 2.52. The van der Waals surface area contributed by atoms with E-state index in [1.807, 2.05) is 19.1 Å². The normalized spacial score (nSPS) is 15.2. The van der Waals surface area contributed by atoms with Gasteiger partial charge in [0, 0.05) is 5.56 Å². The Morgan fingerprint density at radius 1 is 1.36 bits per heavy atom. The first-order valence-corrected chi connectivity index (χ1v) is 4.70. The fourth-order valence-electron chi connectivity index (χ4n) is 1.99. The number of carbonyl (C=O) groups is 1. The van der Waals surface area contributed by atoms with Crippen LogP contribution >= 0.6 is 0 Å². The van der Waals surface area contributed by atoms with Crippen LogP contribution in [0, 0.1) is 0 Å². The first-order valence-electron chi connectivity index (χ1n) is 4.70. The quantitative estimate of drug-likeness (QED) is 0.687. The predicted octanol–water partition coefficient (Wildman–Crippen LogP) is 2.31. The van der Waals surface area contributed by atoms with E-state index in [1.54, 1.807) is 6.07 Å². The first-order chi connectivity index (χ1) is 6.74. The maximum Gasteiger partial charge on any atom is 0.146 e. The third-order valence-electron chi connectivity index (χ3n) is 2.79. The van der Waals surface area contributed by atoms with Crippen molar-refractivity contribution in [1.82, 2.24) is 0 Å². The van der Waals surface area contributed by atoms with Gasteiger partial charge in [-0.3, -0.25) is 4.79 Å². The Morgan fingerprint density at radius 3 is 2.86 bits per heavy atom. The molecule has 0 atom stereocenters. The predicted molar refractivity (Wildman–Crippen MR) is 55.1 cm³/mol. The summed E-state index contributed by atoms with van der Waals surface area (Å²) in [5.74, 6) is 0.277. The molecule has 0 bridgehead atoms. The maximum absolute atomic E-state index is 10.8. The second kappa shape index (κ2) is 3.29. The fourth-order valence-corrected chi connectivity index (χ4v) is 1.99. The van der Waals surface area contributed by atoms with Crippen LogP contribution in [-0.2, 0) is 11.2 Å². The number of fused-ring (bicyclic) bond motifs is 1. The van der Waals surface area contributed by atoms with E-state index in [1.165, 1.54) is 0 Å². The summed E-state index contributed by atoms with van der Waals surface area (Å²) in [7, 11) is 0. The fraction of sp³-hybridized carbons (Fsp3) is 0.250. The number of hydrogen-bond donors (Lipinski definition) is 1. The number of hydrogen-bond acceptors (Lipinski definition) is 2. The third kappa shape index (κ3) is 1.23. The summed E-state index contributed by atoms with van der Waals surface area (Å²) in [6.45, 7) is 1.89. The highest BCUT2D eigenvalue weighted by molar-refractivity contribution is 5.90. The first kappa shape index (κ1) is 9.00. The lowest BCUT2D eigenvalue weighted by Crippen LogP contribution is -2.04. The minimum atomic E-state index is 0.277. The third-order valence-corrected chi connectivity index (χ3v) is 2.79. The van der Waals surface area contributed by atoms with Crippen molar-refractivity contribution in [1.29, 1.82) is 0 Å². The lowest BCUT2D eigenvalue weighted by atomic mass is 9.86. The van der Waals surface area contributed by atoms with E-state index in [4.69, 9.17) is 0 Å². The Bertz CT molecular complexity index is 416. The van der Waals surface area contributed by atoms with Gasteiger partial charge in [-0.05, 0) is 42.5 Å². The standard InChI is InChI=1S/C12H12O2/c1-8-10(7-13)6-5-9-3-2-4-11(14)12(8)9/h2-4,7,14H,5-6H2,1H3. The molecule has 1 aliphatic rings. The van der Waals surface area contributed by atoms with Crippen LogP contribution in [-0.4, -0.2) is 11.4 Å². The van der Waals surface area contributed by atoms with Gasteiger partial charge in [0.15, 0.2) is 0 Å². The van der Waals surface area contributed by atoms with Gasteiger partial charge >= 0.3 is 0 Å². The van der Waals surface area contributed by atoms with Gasteiger partial charge in [0.05, 0.1) is 0 Å². The van der Waals surface area contributed by atoms with Gasteiger partial charge in [-0.25, -0.2) is 0 Å². The van der Waals surface area contributed by atoms with E-state index in [0.717, 1.165) is 41.4 Å². The van der Waals surface area contributed by atoms with Gasteiger partial charge in [-0.1, -0.05) is 12.1 Å². The molecule has 0 heterocycles. The van der Waals surface area contributed by atoms with E-state index >= 15 is 0 Å². The number of phenols is 1. The summed E-state index contributed by atoms with van der Waals surface area (Å²) in [5, 5.41) is 9.69. The van der Waals surface area contributed by atoms with E-state index in [9.17, 15) is 9.90 Å². The smallest absolute Gasteiger partial charge is 0.146 e. The molecule has 0 spiro atoms. The molecule has 0 saturated carbocycles. The number of allylic oxidation sites excluding steroid dienone is 2. The van der Waals surface area contributed by atoms with Crippen molar-refractivity contribution in [3.8, 4) is 5.75 Å². The minimum absolute atomic E-state index is 0.277. The van der Waals surface area contributed by atoms with Crippen molar-refractivity contribution < 1.29 is 9.90 Å². The molecule has 0 radical (unpaired) electrons. The number of aromatic hydroxyl groups is 1. The highest BCUT2D eigenvalue weighted by Gasteiger charge is 2.17. The Labute approximate surface area is 82.9 Å². The maximum atomic E-state index is 10.8. The largest absolute Gasteiger partial charge is 0.507 e. The lowest BCUT2D eigenvalue weighted by Gasteiger charge is -2.19. The molecule has 0 saturated heterocycles. The Morgan fingerprint density at radius 2 is 2.14 bits per heavy atom. The molecule has 0 amide bonds. The Hall–Kier alpha value is -1.57. The molecular formula is C12H12O2. The van der Waals surface area contributed by atoms with E-state index in [0.29, 0.717) is 0 Å². The van der Waals surface area contributed by atoms with Crippen molar-refractivity contribution in [3.05, 3.63) is 34.9 Å². The molecular weight excluding hydrogens is 176 g/mol. The molecule has 2 rings (SSSR count). The van der Waals surface area contributed by atoms with Crippen LogP contribution in [0.4, 0.5) is 0 Å². The zero-order valence-electron chi connectivity index (χ0n) is 8.08. The zero-order chi connectivity index (χ0) is 10.1. The molecule has 2 nitrogen and oxygen atoms in total. The number of rotatable bonds is 1. The average Bonchev–Trinajstić information content (AvgIpc) is 2.18. The SMILES string of the molecule is CC1=C(C=O)CCc2cccc(O)c21. The monoisotopic (exact) mass is 188 g/mol. The van der Waals surface area contributed by atoms with Gasteiger partial charge in [0.2, 0.25) is 0 Å². The summed E-state index contributed by atoms with van der Waals surface area (Å²) in [4.78, 5) is 10.8. The lowest BCUT2D eigenvalue weighted by molar-refractivity contribution is -0.105. The van der Waals surface area contributed by atoms with Crippen LogP contribution in [0.1, 0.15) is 24.5 Å². The van der Waals surface area contributed by atoms with Crippen LogP contribution in [0.25, 0.3) is 5.57 Å². The zero-order valence-corrected chi connectivity index (χ0v) is 8.08. The molecule has 72 valence electrons. The van der Waals surface area contributed by atoms with Crippen LogP contribution in [0.3, 0.4) is 0 Å². The van der Waals surface area contributed by atoms with Crippen LogP contribution < -0.4 is 0 Å². The van der Waals surface area contributed by atoms with Crippen LogP contribution in [0.15, 0.2) is 23.8 Å². The number of carbonyl (C=O) groups excluding carboxylic acids is 1. The van der Waals surface area contributed by atoms with Gasteiger partial charge in [-0.15, -0.1) is 0 Å². The molecule has 14 heavy (non-hydrogen) atoms.